The molecule has 0 fully saturated rings. The molecule has 2 amide bonds. The number of anilines is 2. The number of carbonyl (C=O) groups is 2. The van der Waals surface area contributed by atoms with Gasteiger partial charge in [0.25, 0.3) is 5.91 Å². The van der Waals surface area contributed by atoms with Gasteiger partial charge in [-0.05, 0) is 54.8 Å². The summed E-state index contributed by atoms with van der Waals surface area (Å²) in [6.45, 7) is 5.89. The van der Waals surface area contributed by atoms with Gasteiger partial charge in [0.2, 0.25) is 5.91 Å². The Labute approximate surface area is 175 Å². The summed E-state index contributed by atoms with van der Waals surface area (Å²) in [4.78, 5) is 28.2. The molecule has 0 radical (unpaired) electrons. The van der Waals surface area contributed by atoms with Crippen LogP contribution in [-0.4, -0.2) is 33.2 Å². The minimum atomic E-state index is -0.487. The number of aromatic nitrogens is 3. The number of rotatable bonds is 8. The lowest BCUT2D eigenvalue weighted by Gasteiger charge is -2.13. The van der Waals surface area contributed by atoms with Crippen LogP contribution in [0.1, 0.15) is 38.3 Å². The quantitative estimate of drug-likeness (QED) is 0.594. The van der Waals surface area contributed by atoms with Crippen molar-refractivity contribution >= 4 is 23.2 Å². The van der Waals surface area contributed by atoms with E-state index in [0.717, 1.165) is 0 Å². The molecule has 3 aromatic rings. The Kier molecular flexibility index (Phi) is 6.79. The van der Waals surface area contributed by atoms with E-state index in [0.29, 0.717) is 23.0 Å². The Morgan fingerprint density at radius 3 is 2.17 bits per heavy atom. The maximum atomic E-state index is 12.3. The number of ether oxygens (including phenoxy) is 1. The highest BCUT2D eigenvalue weighted by Crippen LogP contribution is 2.19. The van der Waals surface area contributed by atoms with Crippen LogP contribution in [0.3, 0.4) is 0 Å². The Bertz CT molecular complexity index is 967. The van der Waals surface area contributed by atoms with Gasteiger partial charge in [0.1, 0.15) is 24.4 Å². The largest absolute Gasteiger partial charge is 0.484 e. The molecule has 30 heavy (non-hydrogen) atoms. The lowest BCUT2D eigenvalue weighted by molar-refractivity contribution is -0.119. The molecule has 2 N–H and O–H groups in total. The van der Waals surface area contributed by atoms with Crippen LogP contribution >= 0.6 is 0 Å². The van der Waals surface area contributed by atoms with Crippen molar-refractivity contribution < 1.29 is 14.3 Å². The predicted octanol–water partition coefficient (Wildman–Crippen LogP) is 3.62. The summed E-state index contributed by atoms with van der Waals surface area (Å²) >= 11 is 0. The number of nitrogens with one attached hydrogen (secondary N) is 2. The number of amides is 2. The first-order valence-corrected chi connectivity index (χ1v) is 9.70. The highest BCUT2D eigenvalue weighted by atomic mass is 16.5. The second-order valence-corrected chi connectivity index (χ2v) is 7.18. The Hall–Kier alpha value is -3.68. The fourth-order valence-electron chi connectivity index (χ4n) is 2.72. The molecule has 0 spiro atoms. The smallest absolute Gasteiger partial charge is 0.262 e. The average Bonchev–Trinajstić information content (AvgIpc) is 3.28. The van der Waals surface area contributed by atoms with Gasteiger partial charge in [0.05, 0.1) is 0 Å². The van der Waals surface area contributed by atoms with Gasteiger partial charge in [0, 0.05) is 11.4 Å². The lowest BCUT2D eigenvalue weighted by atomic mass is 10.0. The first-order chi connectivity index (χ1) is 14.4. The molecule has 156 valence electrons. The summed E-state index contributed by atoms with van der Waals surface area (Å²) in [6, 6.07) is 14.1. The van der Waals surface area contributed by atoms with E-state index in [1.54, 1.807) is 31.2 Å². The molecule has 8 heteroatoms. The van der Waals surface area contributed by atoms with Crippen molar-refractivity contribution in [3.8, 4) is 5.75 Å². The molecule has 1 unspecified atom stereocenters. The van der Waals surface area contributed by atoms with Crippen LogP contribution in [0.2, 0.25) is 0 Å². The zero-order valence-corrected chi connectivity index (χ0v) is 17.2. The minimum absolute atomic E-state index is 0.0884. The van der Waals surface area contributed by atoms with Gasteiger partial charge in [0.15, 0.2) is 6.61 Å². The Balaban J connectivity index is 1.47. The van der Waals surface area contributed by atoms with Crippen LogP contribution in [0.5, 0.6) is 5.75 Å². The maximum absolute atomic E-state index is 12.3. The number of hydrogen-bond donors (Lipinski definition) is 2. The molecule has 1 aromatic heterocycles. The van der Waals surface area contributed by atoms with E-state index in [1.165, 1.54) is 22.9 Å². The van der Waals surface area contributed by atoms with Crippen molar-refractivity contribution in [2.45, 2.75) is 32.7 Å². The average molecular weight is 407 g/mol. The third-order valence-corrected chi connectivity index (χ3v) is 4.57. The van der Waals surface area contributed by atoms with Crippen molar-refractivity contribution in [1.29, 1.82) is 0 Å². The molecule has 1 atom stereocenters. The van der Waals surface area contributed by atoms with Gasteiger partial charge in [-0.3, -0.25) is 9.59 Å². The second kappa shape index (κ2) is 9.69. The summed E-state index contributed by atoms with van der Waals surface area (Å²) in [7, 11) is 0. The van der Waals surface area contributed by atoms with E-state index in [-0.39, 0.29) is 18.4 Å². The summed E-state index contributed by atoms with van der Waals surface area (Å²) in [6.07, 6.45) is 2.87. The Morgan fingerprint density at radius 2 is 1.60 bits per heavy atom. The van der Waals surface area contributed by atoms with Crippen molar-refractivity contribution in [3.63, 3.8) is 0 Å². The van der Waals surface area contributed by atoms with Crippen LogP contribution in [-0.2, 0) is 9.59 Å². The van der Waals surface area contributed by atoms with Crippen LogP contribution in [0, 0.1) is 0 Å². The summed E-state index contributed by atoms with van der Waals surface area (Å²) in [5.41, 5.74) is 2.45. The van der Waals surface area contributed by atoms with Gasteiger partial charge < -0.3 is 15.4 Å². The molecule has 0 aliphatic rings. The van der Waals surface area contributed by atoms with Gasteiger partial charge in [-0.25, -0.2) is 9.67 Å². The van der Waals surface area contributed by atoms with E-state index in [4.69, 9.17) is 4.74 Å². The molecule has 2 aromatic carbocycles. The van der Waals surface area contributed by atoms with Crippen molar-refractivity contribution in [1.82, 2.24) is 14.8 Å². The number of carbonyl (C=O) groups excluding carboxylic acids is 2. The van der Waals surface area contributed by atoms with E-state index in [1.807, 2.05) is 24.3 Å². The summed E-state index contributed by atoms with van der Waals surface area (Å²) in [5.74, 6) is 0.615. The molecule has 8 nitrogen and oxygen atoms in total. The lowest BCUT2D eigenvalue weighted by Crippen LogP contribution is -2.24. The molecule has 0 aliphatic carbocycles. The van der Waals surface area contributed by atoms with E-state index in [9.17, 15) is 9.59 Å². The topological polar surface area (TPSA) is 98.1 Å². The SMILES string of the molecule is CC(C)c1ccc(OCC(=O)Nc2ccc(NC(=O)C(C)n3cncn3)cc2)cc1. The molecule has 0 aliphatic heterocycles. The summed E-state index contributed by atoms with van der Waals surface area (Å²) in [5, 5.41) is 9.54. The van der Waals surface area contributed by atoms with Crippen LogP contribution in [0.4, 0.5) is 11.4 Å². The highest BCUT2D eigenvalue weighted by molar-refractivity contribution is 5.94. The van der Waals surface area contributed by atoms with Crippen LogP contribution < -0.4 is 15.4 Å². The number of nitrogens with zero attached hydrogens (tertiary/aromatic N) is 3. The first-order valence-electron chi connectivity index (χ1n) is 9.70. The fourth-order valence-corrected chi connectivity index (χ4v) is 2.72. The third kappa shape index (κ3) is 5.66. The zero-order chi connectivity index (χ0) is 21.5. The van der Waals surface area contributed by atoms with E-state index < -0.39 is 6.04 Å². The van der Waals surface area contributed by atoms with Crippen molar-refractivity contribution in [3.05, 3.63) is 66.7 Å². The molecular formula is C22H25N5O3. The molecule has 0 bridgehead atoms. The monoisotopic (exact) mass is 407 g/mol. The normalized spacial score (nSPS) is 11.7. The molecular weight excluding hydrogens is 382 g/mol. The van der Waals surface area contributed by atoms with Gasteiger partial charge in [-0.2, -0.15) is 5.10 Å². The van der Waals surface area contributed by atoms with Crippen molar-refractivity contribution in [2.24, 2.45) is 0 Å². The zero-order valence-electron chi connectivity index (χ0n) is 17.2. The minimum Gasteiger partial charge on any atom is -0.484 e. The molecule has 0 saturated heterocycles. The highest BCUT2D eigenvalue weighted by Gasteiger charge is 2.15. The molecule has 0 saturated carbocycles. The van der Waals surface area contributed by atoms with Gasteiger partial charge in [-0.1, -0.05) is 26.0 Å². The van der Waals surface area contributed by atoms with E-state index in [2.05, 4.69) is 34.6 Å². The van der Waals surface area contributed by atoms with E-state index >= 15 is 0 Å². The second-order valence-electron chi connectivity index (χ2n) is 7.18. The third-order valence-electron chi connectivity index (χ3n) is 4.57. The van der Waals surface area contributed by atoms with Crippen LogP contribution in [0.25, 0.3) is 0 Å². The predicted molar refractivity (Wildman–Crippen MR) is 114 cm³/mol. The standard InChI is InChI=1S/C22H25N5O3/c1-15(2)17-4-10-20(11-5-17)30-12-21(28)25-18-6-8-19(9-7-18)26-22(29)16(3)27-14-23-13-24-27/h4-11,13-16H,12H2,1-3H3,(H,25,28)(H,26,29). The number of benzene rings is 2. The Morgan fingerprint density at radius 1 is 0.967 bits per heavy atom. The number of hydrogen-bond acceptors (Lipinski definition) is 5. The van der Waals surface area contributed by atoms with Gasteiger partial charge >= 0.3 is 0 Å². The maximum Gasteiger partial charge on any atom is 0.262 e. The molecule has 1 heterocycles. The first kappa shape index (κ1) is 21.0. The van der Waals surface area contributed by atoms with Crippen molar-refractivity contribution in [2.75, 3.05) is 17.2 Å². The molecule has 3 rings (SSSR count). The summed E-state index contributed by atoms with van der Waals surface area (Å²) < 4.78 is 7.00. The van der Waals surface area contributed by atoms with Gasteiger partial charge in [-0.15, -0.1) is 0 Å². The van der Waals surface area contributed by atoms with Crippen LogP contribution in [0.15, 0.2) is 61.2 Å². The fraction of sp³-hybridized carbons (Fsp3) is 0.273.